The van der Waals surface area contributed by atoms with Crippen molar-refractivity contribution < 1.29 is 9.53 Å². The molecular formula is C27H22Cl2N2O2. The number of hydrogen-bond donors (Lipinski definition) is 1. The Labute approximate surface area is 202 Å². The SMILES string of the molecule is O=C1c2ccccc2[C@@H](c2c(-c3ccc(Cl)cc3Cl)[nH]c3ccccc23)N1C[C@@H]1CCCO1. The molecule has 6 rings (SSSR count). The molecule has 1 amide bonds. The first kappa shape index (κ1) is 20.8. The van der Waals surface area contributed by atoms with Crippen LogP contribution in [0.5, 0.6) is 0 Å². The average molecular weight is 477 g/mol. The number of aromatic amines is 1. The number of halogens is 2. The van der Waals surface area contributed by atoms with Gasteiger partial charge in [0.05, 0.1) is 22.9 Å². The average Bonchev–Trinajstić information content (AvgIpc) is 3.52. The minimum Gasteiger partial charge on any atom is -0.376 e. The van der Waals surface area contributed by atoms with Crippen LogP contribution in [0.1, 0.15) is 40.4 Å². The molecule has 6 heteroatoms. The molecule has 0 spiro atoms. The van der Waals surface area contributed by atoms with E-state index in [9.17, 15) is 4.79 Å². The molecule has 1 fully saturated rings. The minimum absolute atomic E-state index is 0.0459. The third-order valence-electron chi connectivity index (χ3n) is 6.70. The minimum atomic E-state index is -0.240. The lowest BCUT2D eigenvalue weighted by molar-refractivity contribution is 0.0501. The summed E-state index contributed by atoms with van der Waals surface area (Å²) in [5, 5.41) is 2.23. The second-order valence-electron chi connectivity index (χ2n) is 8.67. The molecule has 3 aromatic carbocycles. The standard InChI is InChI=1S/C27H22Cl2N2O2/c28-16-11-12-20(22(29)14-16)25-24(21-9-3-4-10-23(21)30-25)26-18-7-1-2-8-19(18)27(32)31(26)15-17-6-5-13-33-17/h1-4,7-12,14,17,26,30H,5-6,13,15H2/t17-,26-/m0/s1. The van der Waals surface area contributed by atoms with Crippen LogP contribution >= 0.6 is 23.2 Å². The number of rotatable bonds is 4. The largest absolute Gasteiger partial charge is 0.376 e. The number of aromatic nitrogens is 1. The molecule has 33 heavy (non-hydrogen) atoms. The molecule has 3 heterocycles. The van der Waals surface area contributed by atoms with Gasteiger partial charge in [0.15, 0.2) is 0 Å². The van der Waals surface area contributed by atoms with Gasteiger partial charge in [0.2, 0.25) is 0 Å². The maximum absolute atomic E-state index is 13.6. The number of carbonyl (C=O) groups excluding carboxylic acids is 1. The summed E-state index contributed by atoms with van der Waals surface area (Å²) in [6.07, 6.45) is 2.05. The second kappa shape index (κ2) is 8.21. The molecule has 1 saturated heterocycles. The predicted octanol–water partition coefficient (Wildman–Crippen LogP) is 6.87. The summed E-state index contributed by atoms with van der Waals surface area (Å²) >= 11 is 12.9. The fourth-order valence-electron chi connectivity index (χ4n) is 5.23. The fourth-order valence-corrected chi connectivity index (χ4v) is 5.73. The number of nitrogens with one attached hydrogen (secondary N) is 1. The van der Waals surface area contributed by atoms with Crippen LogP contribution in [-0.2, 0) is 4.74 Å². The summed E-state index contributed by atoms with van der Waals surface area (Å²) in [5.41, 5.74) is 5.58. The number of hydrogen-bond acceptors (Lipinski definition) is 2. The Bertz CT molecular complexity index is 1370. The van der Waals surface area contributed by atoms with Gasteiger partial charge in [0.25, 0.3) is 5.91 Å². The van der Waals surface area contributed by atoms with Gasteiger partial charge in [-0.2, -0.15) is 0 Å². The lowest BCUT2D eigenvalue weighted by Crippen LogP contribution is -2.35. The third kappa shape index (κ3) is 3.45. The molecule has 4 nitrogen and oxygen atoms in total. The van der Waals surface area contributed by atoms with Crippen LogP contribution in [0.2, 0.25) is 10.0 Å². The van der Waals surface area contributed by atoms with Gasteiger partial charge in [0.1, 0.15) is 0 Å². The van der Waals surface area contributed by atoms with Crippen LogP contribution in [0.3, 0.4) is 0 Å². The zero-order valence-electron chi connectivity index (χ0n) is 17.9. The van der Waals surface area contributed by atoms with Crippen molar-refractivity contribution in [3.63, 3.8) is 0 Å². The van der Waals surface area contributed by atoms with Gasteiger partial charge in [0, 0.05) is 45.8 Å². The molecule has 0 saturated carbocycles. The quantitative estimate of drug-likeness (QED) is 0.349. The molecule has 0 unspecified atom stereocenters. The van der Waals surface area contributed by atoms with E-state index in [1.807, 2.05) is 47.4 Å². The zero-order chi connectivity index (χ0) is 22.5. The topological polar surface area (TPSA) is 45.3 Å². The number of benzene rings is 3. The molecule has 0 aliphatic carbocycles. The summed E-state index contributed by atoms with van der Waals surface area (Å²) < 4.78 is 5.92. The lowest BCUT2D eigenvalue weighted by atomic mass is 9.93. The van der Waals surface area contributed by atoms with Crippen LogP contribution in [0.4, 0.5) is 0 Å². The summed E-state index contributed by atoms with van der Waals surface area (Å²) in [7, 11) is 0. The van der Waals surface area contributed by atoms with Crippen LogP contribution in [0, 0.1) is 0 Å². The Morgan fingerprint density at radius 2 is 1.82 bits per heavy atom. The van der Waals surface area contributed by atoms with Crippen LogP contribution in [-0.4, -0.2) is 35.0 Å². The Morgan fingerprint density at radius 3 is 2.64 bits per heavy atom. The number of fused-ring (bicyclic) bond motifs is 2. The Morgan fingerprint density at radius 1 is 1.00 bits per heavy atom. The lowest BCUT2D eigenvalue weighted by Gasteiger charge is -2.29. The van der Waals surface area contributed by atoms with E-state index >= 15 is 0 Å². The van der Waals surface area contributed by atoms with Crippen molar-refractivity contribution in [3.8, 4) is 11.3 Å². The van der Waals surface area contributed by atoms with E-state index in [4.69, 9.17) is 27.9 Å². The van der Waals surface area contributed by atoms with Crippen molar-refractivity contribution in [2.75, 3.05) is 13.2 Å². The zero-order valence-corrected chi connectivity index (χ0v) is 19.4. The highest BCUT2D eigenvalue weighted by atomic mass is 35.5. The smallest absolute Gasteiger partial charge is 0.255 e. The van der Waals surface area contributed by atoms with Gasteiger partial charge < -0.3 is 14.6 Å². The van der Waals surface area contributed by atoms with Crippen LogP contribution in [0.15, 0.2) is 66.7 Å². The van der Waals surface area contributed by atoms with E-state index in [1.54, 1.807) is 6.07 Å². The van der Waals surface area contributed by atoms with E-state index in [2.05, 4.69) is 23.2 Å². The van der Waals surface area contributed by atoms with Crippen molar-refractivity contribution in [3.05, 3.63) is 93.5 Å². The molecule has 166 valence electrons. The fraction of sp³-hybridized carbons (Fsp3) is 0.222. The van der Waals surface area contributed by atoms with E-state index in [-0.39, 0.29) is 18.1 Å². The molecule has 1 N–H and O–H groups in total. The summed E-state index contributed by atoms with van der Waals surface area (Å²) in [6, 6.07) is 21.4. The molecule has 0 radical (unpaired) electrons. The number of carbonyl (C=O) groups is 1. The van der Waals surface area contributed by atoms with Crippen molar-refractivity contribution >= 4 is 40.0 Å². The number of nitrogens with zero attached hydrogens (tertiary/aromatic N) is 1. The summed E-state index contributed by atoms with van der Waals surface area (Å²) in [6.45, 7) is 1.31. The first-order valence-electron chi connectivity index (χ1n) is 11.2. The first-order valence-corrected chi connectivity index (χ1v) is 11.9. The highest BCUT2D eigenvalue weighted by molar-refractivity contribution is 6.36. The Balaban J connectivity index is 1.59. The molecule has 2 atom stereocenters. The summed E-state index contributed by atoms with van der Waals surface area (Å²) in [4.78, 5) is 19.2. The van der Waals surface area contributed by atoms with Crippen LogP contribution < -0.4 is 0 Å². The Hall–Kier alpha value is -2.79. The van der Waals surface area contributed by atoms with Gasteiger partial charge in [-0.1, -0.05) is 59.6 Å². The van der Waals surface area contributed by atoms with Crippen LogP contribution in [0.25, 0.3) is 22.2 Å². The van der Waals surface area contributed by atoms with Gasteiger partial charge in [-0.25, -0.2) is 0 Å². The maximum atomic E-state index is 13.6. The third-order valence-corrected chi connectivity index (χ3v) is 7.25. The van der Waals surface area contributed by atoms with Gasteiger partial charge >= 0.3 is 0 Å². The molecule has 4 aromatic rings. The van der Waals surface area contributed by atoms with E-state index < -0.39 is 0 Å². The normalized spacial score (nSPS) is 20.1. The van der Waals surface area contributed by atoms with Crippen molar-refractivity contribution in [2.45, 2.75) is 25.0 Å². The summed E-state index contributed by atoms with van der Waals surface area (Å²) in [5.74, 6) is 0.0459. The highest BCUT2D eigenvalue weighted by Crippen LogP contribution is 2.47. The molecule has 2 aliphatic rings. The number of amides is 1. The van der Waals surface area contributed by atoms with Gasteiger partial charge in [-0.15, -0.1) is 0 Å². The van der Waals surface area contributed by atoms with E-state index in [0.717, 1.165) is 58.3 Å². The van der Waals surface area contributed by atoms with Gasteiger partial charge in [-0.05, 0) is 48.7 Å². The monoisotopic (exact) mass is 476 g/mol. The van der Waals surface area contributed by atoms with Crippen molar-refractivity contribution in [1.82, 2.24) is 9.88 Å². The number of para-hydroxylation sites is 1. The van der Waals surface area contributed by atoms with E-state index in [0.29, 0.717) is 16.6 Å². The first-order chi connectivity index (χ1) is 16.1. The van der Waals surface area contributed by atoms with Crippen molar-refractivity contribution in [1.29, 1.82) is 0 Å². The van der Waals surface area contributed by atoms with E-state index in [1.165, 1.54) is 0 Å². The number of H-pyrrole nitrogens is 1. The molecular weight excluding hydrogens is 455 g/mol. The number of ether oxygens (including phenoxy) is 1. The van der Waals surface area contributed by atoms with Crippen molar-refractivity contribution in [2.24, 2.45) is 0 Å². The predicted molar refractivity (Wildman–Crippen MR) is 132 cm³/mol. The maximum Gasteiger partial charge on any atom is 0.255 e. The second-order valence-corrected chi connectivity index (χ2v) is 9.51. The molecule has 2 aliphatic heterocycles. The highest BCUT2D eigenvalue weighted by Gasteiger charge is 2.41. The molecule has 1 aromatic heterocycles. The Kier molecular flexibility index (Phi) is 5.17. The van der Waals surface area contributed by atoms with Gasteiger partial charge in [-0.3, -0.25) is 4.79 Å². The molecule has 0 bridgehead atoms.